The predicted octanol–water partition coefficient (Wildman–Crippen LogP) is 2.49. The summed E-state index contributed by atoms with van der Waals surface area (Å²) in [6, 6.07) is 0.627. The molecule has 0 spiro atoms. The zero-order valence-electron chi connectivity index (χ0n) is 7.17. The van der Waals surface area contributed by atoms with Gasteiger partial charge in [0.1, 0.15) is 5.82 Å². The van der Waals surface area contributed by atoms with E-state index >= 15 is 0 Å². The number of rotatable bonds is 2. The summed E-state index contributed by atoms with van der Waals surface area (Å²) in [5.41, 5.74) is 0. The van der Waals surface area contributed by atoms with Crippen molar-refractivity contribution in [2.24, 2.45) is 0 Å². The van der Waals surface area contributed by atoms with Crippen LogP contribution in [0.5, 0.6) is 0 Å². The summed E-state index contributed by atoms with van der Waals surface area (Å²) in [4.78, 5) is 10.2. The van der Waals surface area contributed by atoms with E-state index in [4.69, 9.17) is 11.6 Å². The van der Waals surface area contributed by atoms with Crippen LogP contribution >= 0.6 is 27.5 Å². The Morgan fingerprint density at radius 3 is 2.92 bits per heavy atom. The Morgan fingerprint density at radius 1 is 1.62 bits per heavy atom. The average molecular weight is 263 g/mol. The lowest BCUT2D eigenvalue weighted by atomic mass is 10.5. The van der Waals surface area contributed by atoms with Crippen LogP contribution in [-0.4, -0.2) is 23.1 Å². The van der Waals surface area contributed by atoms with Crippen molar-refractivity contribution in [3.63, 3.8) is 0 Å². The Hall–Kier alpha value is -0.350. The zero-order valence-corrected chi connectivity index (χ0v) is 9.51. The lowest BCUT2D eigenvalue weighted by Gasteiger charge is -2.18. The van der Waals surface area contributed by atoms with Crippen molar-refractivity contribution in [1.82, 2.24) is 9.97 Å². The van der Waals surface area contributed by atoms with Crippen LogP contribution < -0.4 is 4.90 Å². The highest BCUT2D eigenvalue weighted by atomic mass is 79.9. The van der Waals surface area contributed by atoms with E-state index < -0.39 is 0 Å². The van der Waals surface area contributed by atoms with Gasteiger partial charge in [0, 0.05) is 19.3 Å². The second-order valence-corrected chi connectivity index (χ2v) is 4.35. The van der Waals surface area contributed by atoms with Gasteiger partial charge in [-0.3, -0.25) is 0 Å². The minimum absolute atomic E-state index is 0.297. The Bertz CT molecular complexity index is 327. The van der Waals surface area contributed by atoms with Crippen LogP contribution in [0.3, 0.4) is 0 Å². The molecular formula is C8H9BrClN3. The molecule has 13 heavy (non-hydrogen) atoms. The molecule has 0 N–H and O–H groups in total. The van der Waals surface area contributed by atoms with Crippen molar-refractivity contribution in [2.45, 2.75) is 18.9 Å². The Balaban J connectivity index is 2.31. The first-order valence-corrected chi connectivity index (χ1v) is 5.26. The van der Waals surface area contributed by atoms with Gasteiger partial charge < -0.3 is 4.90 Å². The van der Waals surface area contributed by atoms with Crippen LogP contribution in [0.15, 0.2) is 10.7 Å². The van der Waals surface area contributed by atoms with Crippen LogP contribution in [0.4, 0.5) is 5.82 Å². The van der Waals surface area contributed by atoms with E-state index in [9.17, 15) is 0 Å². The predicted molar refractivity (Wildman–Crippen MR) is 56.2 cm³/mol. The van der Waals surface area contributed by atoms with Crippen molar-refractivity contribution in [2.75, 3.05) is 11.9 Å². The van der Waals surface area contributed by atoms with Gasteiger partial charge in [-0.15, -0.1) is 0 Å². The molecule has 3 nitrogen and oxygen atoms in total. The highest BCUT2D eigenvalue weighted by Crippen LogP contribution is 2.33. The molecule has 2 rings (SSSR count). The largest absolute Gasteiger partial charge is 0.356 e. The molecule has 0 bridgehead atoms. The maximum atomic E-state index is 5.72. The molecule has 5 heteroatoms. The molecule has 70 valence electrons. The van der Waals surface area contributed by atoms with Gasteiger partial charge in [-0.1, -0.05) is 0 Å². The third-order valence-corrected chi connectivity index (χ3v) is 2.87. The van der Waals surface area contributed by atoms with Crippen molar-refractivity contribution >= 4 is 33.3 Å². The first-order chi connectivity index (χ1) is 6.18. The lowest BCUT2D eigenvalue weighted by molar-refractivity contribution is 0.881. The molecule has 0 aromatic carbocycles. The van der Waals surface area contributed by atoms with Gasteiger partial charge in [0.15, 0.2) is 0 Å². The van der Waals surface area contributed by atoms with Gasteiger partial charge in [-0.2, -0.15) is 4.98 Å². The molecule has 1 aliphatic rings. The van der Waals surface area contributed by atoms with Crippen molar-refractivity contribution in [1.29, 1.82) is 0 Å². The molecule has 1 aromatic rings. The molecule has 0 amide bonds. The number of hydrogen-bond donors (Lipinski definition) is 0. The monoisotopic (exact) mass is 261 g/mol. The minimum atomic E-state index is 0.297. The molecule has 1 saturated carbocycles. The maximum absolute atomic E-state index is 5.72. The normalized spacial score (nSPS) is 15.9. The number of aromatic nitrogens is 2. The average Bonchev–Trinajstić information content (AvgIpc) is 2.91. The smallest absolute Gasteiger partial charge is 0.224 e. The van der Waals surface area contributed by atoms with E-state index in [0.29, 0.717) is 11.3 Å². The first kappa shape index (κ1) is 9.21. The van der Waals surface area contributed by atoms with Crippen LogP contribution in [0.25, 0.3) is 0 Å². The van der Waals surface area contributed by atoms with Crippen LogP contribution in [0.2, 0.25) is 5.28 Å². The molecule has 0 unspecified atom stereocenters. The number of anilines is 1. The van der Waals surface area contributed by atoms with Crippen molar-refractivity contribution in [3.8, 4) is 0 Å². The van der Waals surface area contributed by atoms with E-state index in [-0.39, 0.29) is 0 Å². The molecule has 0 atom stereocenters. The zero-order chi connectivity index (χ0) is 9.42. The van der Waals surface area contributed by atoms with Gasteiger partial charge in [0.05, 0.1) is 4.47 Å². The second-order valence-electron chi connectivity index (χ2n) is 3.15. The lowest BCUT2D eigenvalue weighted by Crippen LogP contribution is -2.21. The third-order valence-electron chi connectivity index (χ3n) is 2.12. The van der Waals surface area contributed by atoms with E-state index in [2.05, 4.69) is 30.8 Å². The van der Waals surface area contributed by atoms with Crippen molar-refractivity contribution in [3.05, 3.63) is 16.0 Å². The number of nitrogens with zero attached hydrogens (tertiary/aromatic N) is 3. The Morgan fingerprint density at radius 2 is 2.31 bits per heavy atom. The summed E-state index contributed by atoms with van der Waals surface area (Å²) >= 11 is 9.12. The fourth-order valence-electron chi connectivity index (χ4n) is 1.22. The van der Waals surface area contributed by atoms with Gasteiger partial charge in [0.2, 0.25) is 5.28 Å². The molecule has 1 heterocycles. The topological polar surface area (TPSA) is 29.0 Å². The van der Waals surface area contributed by atoms with Gasteiger partial charge in [0.25, 0.3) is 0 Å². The minimum Gasteiger partial charge on any atom is -0.356 e. The van der Waals surface area contributed by atoms with Crippen molar-refractivity contribution < 1.29 is 0 Å². The van der Waals surface area contributed by atoms with Gasteiger partial charge in [-0.25, -0.2) is 4.98 Å². The maximum Gasteiger partial charge on any atom is 0.224 e. The quantitative estimate of drug-likeness (QED) is 0.767. The summed E-state index contributed by atoms with van der Waals surface area (Å²) in [5, 5.41) is 0.297. The van der Waals surface area contributed by atoms with E-state index in [0.717, 1.165) is 10.3 Å². The number of halogens is 2. The summed E-state index contributed by atoms with van der Waals surface area (Å²) in [6.45, 7) is 0. The summed E-state index contributed by atoms with van der Waals surface area (Å²) < 4.78 is 0.895. The van der Waals surface area contributed by atoms with Crippen LogP contribution in [-0.2, 0) is 0 Å². The van der Waals surface area contributed by atoms with E-state index in [1.165, 1.54) is 12.8 Å². The Kier molecular flexibility index (Phi) is 2.43. The van der Waals surface area contributed by atoms with E-state index in [1.807, 2.05) is 7.05 Å². The fourth-order valence-corrected chi connectivity index (χ4v) is 1.82. The molecular weight excluding hydrogens is 253 g/mol. The molecule has 0 radical (unpaired) electrons. The van der Waals surface area contributed by atoms with Crippen LogP contribution in [0, 0.1) is 0 Å². The SMILES string of the molecule is CN(c1nc(Cl)ncc1Br)C1CC1. The summed E-state index contributed by atoms with van der Waals surface area (Å²) in [7, 11) is 2.03. The standard InChI is InChI=1S/C8H9BrClN3/c1-13(5-2-3-5)7-6(9)4-11-8(10)12-7/h4-5H,2-3H2,1H3. The highest BCUT2D eigenvalue weighted by Gasteiger charge is 2.28. The Labute approximate surface area is 90.3 Å². The van der Waals surface area contributed by atoms with Crippen LogP contribution in [0.1, 0.15) is 12.8 Å². The molecule has 0 saturated heterocycles. The summed E-state index contributed by atoms with van der Waals surface area (Å²) in [5.74, 6) is 0.877. The summed E-state index contributed by atoms with van der Waals surface area (Å²) in [6.07, 6.45) is 4.17. The molecule has 1 fully saturated rings. The number of hydrogen-bond acceptors (Lipinski definition) is 3. The molecule has 1 aromatic heterocycles. The fraction of sp³-hybridized carbons (Fsp3) is 0.500. The van der Waals surface area contributed by atoms with Gasteiger partial charge in [-0.05, 0) is 40.4 Å². The highest BCUT2D eigenvalue weighted by molar-refractivity contribution is 9.10. The first-order valence-electron chi connectivity index (χ1n) is 4.09. The second kappa shape index (κ2) is 3.42. The third kappa shape index (κ3) is 1.94. The van der Waals surface area contributed by atoms with E-state index in [1.54, 1.807) is 6.20 Å². The molecule has 1 aliphatic carbocycles. The van der Waals surface area contributed by atoms with Gasteiger partial charge >= 0.3 is 0 Å². The molecule has 0 aliphatic heterocycles.